The fourth-order valence-corrected chi connectivity index (χ4v) is 2.07. The van der Waals surface area contributed by atoms with Crippen molar-refractivity contribution in [1.82, 2.24) is 10.3 Å². The maximum absolute atomic E-state index is 12.0. The summed E-state index contributed by atoms with van der Waals surface area (Å²) >= 11 is 0. The Balaban J connectivity index is 2.06. The van der Waals surface area contributed by atoms with Crippen LogP contribution in [0.2, 0.25) is 0 Å². The summed E-state index contributed by atoms with van der Waals surface area (Å²) in [5.74, 6) is 0. The number of carbonyl (C=O) groups excluding carboxylic acids is 1. The number of rotatable bonds is 6. The molecule has 0 saturated carbocycles. The number of carbonyl (C=O) groups is 1. The average molecular weight is 306 g/mol. The van der Waals surface area contributed by atoms with E-state index in [1.807, 2.05) is 21.0 Å². The summed E-state index contributed by atoms with van der Waals surface area (Å²) in [6, 6.07) is 5.48. The monoisotopic (exact) mass is 306 g/mol. The van der Waals surface area contributed by atoms with Crippen LogP contribution in [0.1, 0.15) is 19.8 Å². The van der Waals surface area contributed by atoms with Gasteiger partial charge in [0.05, 0.1) is 0 Å². The number of fused-ring (bicyclic) bond motifs is 1. The molecule has 7 heteroatoms. The summed E-state index contributed by atoms with van der Waals surface area (Å²) in [4.78, 5) is 18.1. The number of nitrogens with one attached hydrogen (secondary N) is 2. The molecule has 7 nitrogen and oxygen atoms in total. The molecule has 0 radical (unpaired) electrons. The van der Waals surface area contributed by atoms with Gasteiger partial charge >= 0.3 is 6.03 Å². The molecular weight excluding hydrogens is 284 g/mol. The molecule has 0 aliphatic rings. The van der Waals surface area contributed by atoms with Crippen molar-refractivity contribution >= 4 is 28.8 Å². The third-order valence-electron chi connectivity index (χ3n) is 3.32. The van der Waals surface area contributed by atoms with E-state index in [9.17, 15) is 4.79 Å². The van der Waals surface area contributed by atoms with Gasteiger partial charge in [0.25, 0.3) is 6.01 Å². The third-order valence-corrected chi connectivity index (χ3v) is 3.32. The minimum absolute atomic E-state index is 0.0406. The Kier molecular flexibility index (Phi) is 5.21. The van der Waals surface area contributed by atoms with Crippen molar-refractivity contribution in [3.05, 3.63) is 18.2 Å². The summed E-state index contributed by atoms with van der Waals surface area (Å²) in [5.41, 5.74) is 1.99. The van der Waals surface area contributed by atoms with Gasteiger partial charge in [-0.3, -0.25) is 0 Å². The average Bonchev–Trinajstić information content (AvgIpc) is 2.90. The molecule has 1 aromatic heterocycles. The lowest BCUT2D eigenvalue weighted by Crippen LogP contribution is -2.38. The predicted octanol–water partition coefficient (Wildman–Crippen LogP) is 2.18. The Hall–Kier alpha value is -2.28. The van der Waals surface area contributed by atoms with Gasteiger partial charge in [-0.1, -0.05) is 6.92 Å². The maximum Gasteiger partial charge on any atom is 0.319 e. The van der Waals surface area contributed by atoms with E-state index >= 15 is 0 Å². The number of oxazole rings is 1. The number of benzene rings is 1. The number of hydrogen-bond acceptors (Lipinski definition) is 5. The fraction of sp³-hybridized carbons (Fsp3) is 0.467. The number of anilines is 2. The van der Waals surface area contributed by atoms with Crippen LogP contribution in [0.25, 0.3) is 11.1 Å². The zero-order valence-electron chi connectivity index (χ0n) is 13.1. The van der Waals surface area contributed by atoms with Crippen LogP contribution in [0.4, 0.5) is 16.5 Å². The van der Waals surface area contributed by atoms with Gasteiger partial charge in [0.1, 0.15) is 5.52 Å². The highest BCUT2D eigenvalue weighted by molar-refractivity contribution is 5.91. The molecule has 2 rings (SSSR count). The van der Waals surface area contributed by atoms with Crippen molar-refractivity contribution in [3.8, 4) is 0 Å². The highest BCUT2D eigenvalue weighted by Gasteiger charge is 2.12. The van der Waals surface area contributed by atoms with Crippen molar-refractivity contribution in [2.24, 2.45) is 0 Å². The van der Waals surface area contributed by atoms with Gasteiger partial charge in [-0.25, -0.2) is 4.79 Å². The first-order valence-electron chi connectivity index (χ1n) is 7.29. The van der Waals surface area contributed by atoms with Gasteiger partial charge in [0, 0.05) is 32.4 Å². The Bertz CT molecular complexity index is 639. The van der Waals surface area contributed by atoms with Crippen LogP contribution < -0.4 is 15.5 Å². The van der Waals surface area contributed by atoms with Crippen LogP contribution >= 0.6 is 0 Å². The number of hydrogen-bond donors (Lipinski definition) is 3. The second kappa shape index (κ2) is 7.13. The molecule has 0 saturated heterocycles. The normalized spacial score (nSPS) is 12.2. The first kappa shape index (κ1) is 16.1. The van der Waals surface area contributed by atoms with E-state index < -0.39 is 0 Å². The van der Waals surface area contributed by atoms with E-state index in [2.05, 4.69) is 15.6 Å². The second-order valence-electron chi connectivity index (χ2n) is 5.29. The molecule has 0 spiro atoms. The summed E-state index contributed by atoms with van der Waals surface area (Å²) in [7, 11) is 3.70. The van der Waals surface area contributed by atoms with E-state index in [4.69, 9.17) is 9.52 Å². The van der Waals surface area contributed by atoms with E-state index in [1.165, 1.54) is 0 Å². The van der Waals surface area contributed by atoms with Crippen molar-refractivity contribution in [2.45, 2.75) is 25.8 Å². The molecule has 2 amide bonds. The summed E-state index contributed by atoms with van der Waals surface area (Å²) in [6.07, 6.45) is 1.31. The quantitative estimate of drug-likeness (QED) is 0.761. The summed E-state index contributed by atoms with van der Waals surface area (Å²) in [5, 5.41) is 14.5. The Morgan fingerprint density at radius 2 is 2.23 bits per heavy atom. The predicted molar refractivity (Wildman–Crippen MR) is 86.3 cm³/mol. The molecule has 1 heterocycles. The molecule has 0 aliphatic carbocycles. The van der Waals surface area contributed by atoms with E-state index in [-0.39, 0.29) is 18.7 Å². The largest absolute Gasteiger partial charge is 0.423 e. The molecule has 3 N–H and O–H groups in total. The van der Waals surface area contributed by atoms with Crippen molar-refractivity contribution in [3.63, 3.8) is 0 Å². The number of amides is 2. The third kappa shape index (κ3) is 3.88. The van der Waals surface area contributed by atoms with Gasteiger partial charge in [-0.15, -0.1) is 0 Å². The molecule has 120 valence electrons. The lowest BCUT2D eigenvalue weighted by molar-refractivity contribution is 0.237. The van der Waals surface area contributed by atoms with Gasteiger partial charge in [0.15, 0.2) is 5.58 Å². The molecular formula is C15H22N4O3. The number of nitrogens with zero attached hydrogens (tertiary/aromatic N) is 2. The Morgan fingerprint density at radius 3 is 2.86 bits per heavy atom. The first-order valence-corrected chi connectivity index (χ1v) is 7.29. The number of aromatic nitrogens is 1. The van der Waals surface area contributed by atoms with Gasteiger partial charge in [-0.05, 0) is 31.0 Å². The van der Waals surface area contributed by atoms with Crippen LogP contribution in [0.15, 0.2) is 22.6 Å². The van der Waals surface area contributed by atoms with Crippen molar-refractivity contribution in [2.75, 3.05) is 30.9 Å². The fourth-order valence-electron chi connectivity index (χ4n) is 2.07. The van der Waals surface area contributed by atoms with Crippen molar-refractivity contribution < 1.29 is 14.3 Å². The molecule has 0 aliphatic heterocycles. The first-order chi connectivity index (χ1) is 10.5. The Labute approximate surface area is 129 Å². The van der Waals surface area contributed by atoms with Gasteiger partial charge in [0.2, 0.25) is 0 Å². The highest BCUT2D eigenvalue weighted by atomic mass is 16.4. The molecule has 0 bridgehead atoms. The van der Waals surface area contributed by atoms with Crippen LogP contribution in [0.5, 0.6) is 0 Å². The number of aliphatic hydroxyl groups excluding tert-OH is 1. The van der Waals surface area contributed by atoms with Crippen LogP contribution in [0.3, 0.4) is 0 Å². The van der Waals surface area contributed by atoms with E-state index in [1.54, 1.807) is 23.1 Å². The molecule has 1 unspecified atom stereocenters. The SMILES string of the molecule is CCC(CCO)NC(=O)Nc1ccc2oc(N(C)C)nc2c1. The van der Waals surface area contributed by atoms with Crippen molar-refractivity contribution in [1.29, 1.82) is 0 Å². The molecule has 1 aromatic carbocycles. The van der Waals surface area contributed by atoms with E-state index in [0.717, 1.165) is 6.42 Å². The number of urea groups is 1. The van der Waals surface area contributed by atoms with Crippen LogP contribution in [-0.2, 0) is 0 Å². The lowest BCUT2D eigenvalue weighted by Gasteiger charge is -2.16. The van der Waals surface area contributed by atoms with E-state index in [0.29, 0.717) is 29.2 Å². The molecule has 1 atom stereocenters. The number of aliphatic hydroxyl groups is 1. The minimum atomic E-state index is -0.295. The lowest BCUT2D eigenvalue weighted by atomic mass is 10.2. The summed E-state index contributed by atoms with van der Waals surface area (Å²) in [6.45, 7) is 2.02. The van der Waals surface area contributed by atoms with Gasteiger partial charge in [-0.2, -0.15) is 4.98 Å². The van der Waals surface area contributed by atoms with Crippen LogP contribution in [-0.4, -0.2) is 42.9 Å². The minimum Gasteiger partial charge on any atom is -0.423 e. The smallest absolute Gasteiger partial charge is 0.319 e. The summed E-state index contributed by atoms with van der Waals surface area (Å²) < 4.78 is 5.56. The second-order valence-corrected chi connectivity index (χ2v) is 5.29. The standard InChI is InChI=1S/C15H22N4O3/c1-4-10(7-8-20)16-14(21)17-11-5-6-13-12(9-11)18-15(22-13)19(2)3/h5-6,9-10,20H,4,7-8H2,1-3H3,(H2,16,17,21). The molecule has 0 fully saturated rings. The molecule has 2 aromatic rings. The molecule has 22 heavy (non-hydrogen) atoms. The zero-order valence-corrected chi connectivity index (χ0v) is 13.1. The zero-order chi connectivity index (χ0) is 16.1. The topological polar surface area (TPSA) is 90.6 Å². The Morgan fingerprint density at radius 1 is 1.45 bits per heavy atom. The van der Waals surface area contributed by atoms with Gasteiger partial charge < -0.3 is 25.1 Å². The highest BCUT2D eigenvalue weighted by Crippen LogP contribution is 2.23. The van der Waals surface area contributed by atoms with Crippen LogP contribution in [0, 0.1) is 0 Å². The maximum atomic E-state index is 12.0.